The average Bonchev–Trinajstić information content (AvgIpc) is 2.83. The summed E-state index contributed by atoms with van der Waals surface area (Å²) in [6.45, 7) is 2.20. The first-order valence-electron chi connectivity index (χ1n) is 6.79. The van der Waals surface area contributed by atoms with Crippen molar-refractivity contribution >= 4 is 11.6 Å². The van der Waals surface area contributed by atoms with Gasteiger partial charge in [-0.25, -0.2) is 0 Å². The minimum atomic E-state index is 0.359. The van der Waals surface area contributed by atoms with Crippen molar-refractivity contribution in [2.45, 2.75) is 50.8 Å². The standard InChI is InChI=1S/C15H22ClNO/c1-3-13(11-6-4-7-12(16)10-11)17-14-8-5-9-15(14)18-2/h4,6-7,10,13-15,17H,3,5,8-9H2,1-2H3. The van der Waals surface area contributed by atoms with Gasteiger partial charge in [0, 0.05) is 24.2 Å². The molecule has 3 unspecified atom stereocenters. The molecule has 1 aromatic carbocycles. The first kappa shape index (κ1) is 13.9. The van der Waals surface area contributed by atoms with Crippen LogP contribution in [-0.2, 0) is 4.74 Å². The number of benzene rings is 1. The highest BCUT2D eigenvalue weighted by molar-refractivity contribution is 6.30. The predicted octanol–water partition coefficient (Wildman–Crippen LogP) is 3.95. The van der Waals surface area contributed by atoms with Gasteiger partial charge in [0.2, 0.25) is 0 Å². The highest BCUT2D eigenvalue weighted by Crippen LogP contribution is 2.27. The molecule has 0 spiro atoms. The van der Waals surface area contributed by atoms with Gasteiger partial charge in [0.1, 0.15) is 0 Å². The first-order valence-corrected chi connectivity index (χ1v) is 7.16. The minimum Gasteiger partial charge on any atom is -0.380 e. The van der Waals surface area contributed by atoms with E-state index in [-0.39, 0.29) is 0 Å². The third-order valence-corrected chi connectivity index (χ3v) is 4.06. The van der Waals surface area contributed by atoms with Crippen molar-refractivity contribution in [1.29, 1.82) is 0 Å². The Morgan fingerprint density at radius 3 is 2.94 bits per heavy atom. The van der Waals surface area contributed by atoms with Crippen LogP contribution < -0.4 is 5.32 Å². The van der Waals surface area contributed by atoms with Crippen molar-refractivity contribution in [3.63, 3.8) is 0 Å². The number of halogens is 1. The molecule has 2 rings (SSSR count). The molecular formula is C15H22ClNO. The summed E-state index contributed by atoms with van der Waals surface area (Å²) in [6.07, 6.45) is 5.05. The van der Waals surface area contributed by atoms with E-state index < -0.39 is 0 Å². The molecule has 1 aliphatic rings. The van der Waals surface area contributed by atoms with Gasteiger partial charge in [-0.15, -0.1) is 0 Å². The lowest BCUT2D eigenvalue weighted by atomic mass is 10.0. The van der Waals surface area contributed by atoms with E-state index in [0.717, 1.165) is 11.4 Å². The number of hydrogen-bond donors (Lipinski definition) is 1. The summed E-state index contributed by atoms with van der Waals surface area (Å²) in [7, 11) is 1.81. The third-order valence-electron chi connectivity index (χ3n) is 3.83. The largest absolute Gasteiger partial charge is 0.380 e. The Kier molecular flexibility index (Phi) is 5.04. The van der Waals surface area contributed by atoms with Crippen LogP contribution in [0, 0.1) is 0 Å². The average molecular weight is 268 g/mol. The van der Waals surface area contributed by atoms with Crippen LogP contribution >= 0.6 is 11.6 Å². The van der Waals surface area contributed by atoms with Crippen LogP contribution in [-0.4, -0.2) is 19.3 Å². The lowest BCUT2D eigenvalue weighted by Gasteiger charge is -2.26. The number of methoxy groups -OCH3 is 1. The molecule has 3 atom stereocenters. The fraction of sp³-hybridized carbons (Fsp3) is 0.600. The molecule has 0 radical (unpaired) electrons. The van der Waals surface area contributed by atoms with Crippen LogP contribution in [0.2, 0.25) is 5.02 Å². The molecule has 1 fully saturated rings. The SMILES string of the molecule is CCC(NC1CCCC1OC)c1cccc(Cl)c1. The maximum Gasteiger partial charge on any atom is 0.0724 e. The molecule has 3 heteroatoms. The van der Waals surface area contributed by atoms with E-state index in [1.165, 1.54) is 24.8 Å². The smallest absolute Gasteiger partial charge is 0.0724 e. The molecule has 2 nitrogen and oxygen atoms in total. The van der Waals surface area contributed by atoms with Gasteiger partial charge in [-0.05, 0) is 43.4 Å². The second-order valence-corrected chi connectivity index (χ2v) is 5.43. The van der Waals surface area contributed by atoms with E-state index in [1.54, 1.807) is 0 Å². The molecule has 1 aromatic rings. The Morgan fingerprint density at radius 2 is 2.28 bits per heavy atom. The molecule has 0 heterocycles. The first-order chi connectivity index (χ1) is 8.74. The summed E-state index contributed by atoms with van der Waals surface area (Å²) in [5.74, 6) is 0. The van der Waals surface area contributed by atoms with Crippen molar-refractivity contribution < 1.29 is 4.74 Å². The highest BCUT2D eigenvalue weighted by Gasteiger charge is 2.28. The van der Waals surface area contributed by atoms with Gasteiger partial charge in [-0.2, -0.15) is 0 Å². The molecule has 1 aliphatic carbocycles. The monoisotopic (exact) mass is 267 g/mol. The molecule has 0 bridgehead atoms. The van der Waals surface area contributed by atoms with Gasteiger partial charge < -0.3 is 10.1 Å². The number of nitrogens with one attached hydrogen (secondary N) is 1. The zero-order chi connectivity index (χ0) is 13.0. The van der Waals surface area contributed by atoms with Crippen molar-refractivity contribution in [2.24, 2.45) is 0 Å². The van der Waals surface area contributed by atoms with Gasteiger partial charge >= 0.3 is 0 Å². The molecule has 0 saturated heterocycles. The summed E-state index contributed by atoms with van der Waals surface area (Å²) in [6, 6.07) is 8.97. The zero-order valence-corrected chi connectivity index (χ0v) is 11.9. The summed E-state index contributed by atoms with van der Waals surface area (Å²) >= 11 is 6.07. The van der Waals surface area contributed by atoms with Crippen LogP contribution in [0.4, 0.5) is 0 Å². The summed E-state index contributed by atoms with van der Waals surface area (Å²) in [5, 5.41) is 4.53. The molecular weight excluding hydrogens is 246 g/mol. The number of ether oxygens (including phenoxy) is 1. The topological polar surface area (TPSA) is 21.3 Å². The van der Waals surface area contributed by atoms with E-state index in [2.05, 4.69) is 24.4 Å². The van der Waals surface area contributed by atoms with Crippen LogP contribution in [0.1, 0.15) is 44.2 Å². The minimum absolute atomic E-state index is 0.359. The Labute approximate surface area is 115 Å². The Morgan fingerprint density at radius 1 is 1.44 bits per heavy atom. The maximum absolute atomic E-state index is 6.07. The number of rotatable bonds is 5. The molecule has 1 saturated carbocycles. The lowest BCUT2D eigenvalue weighted by Crippen LogP contribution is -2.39. The van der Waals surface area contributed by atoms with Crippen LogP contribution in [0.5, 0.6) is 0 Å². The molecule has 100 valence electrons. The van der Waals surface area contributed by atoms with E-state index >= 15 is 0 Å². The zero-order valence-electron chi connectivity index (χ0n) is 11.2. The fourth-order valence-electron chi connectivity index (χ4n) is 2.83. The number of hydrogen-bond acceptors (Lipinski definition) is 2. The Bertz CT molecular complexity index is 383. The molecule has 18 heavy (non-hydrogen) atoms. The van der Waals surface area contributed by atoms with Gasteiger partial charge in [0.05, 0.1) is 6.10 Å². The van der Waals surface area contributed by atoms with E-state index in [0.29, 0.717) is 18.2 Å². The third kappa shape index (κ3) is 3.25. The van der Waals surface area contributed by atoms with Gasteiger partial charge in [0.15, 0.2) is 0 Å². The Balaban J connectivity index is 2.05. The summed E-state index contributed by atoms with van der Waals surface area (Å²) in [5.41, 5.74) is 1.27. The van der Waals surface area contributed by atoms with Crippen molar-refractivity contribution in [2.75, 3.05) is 7.11 Å². The maximum atomic E-state index is 6.07. The van der Waals surface area contributed by atoms with Crippen LogP contribution in [0.15, 0.2) is 24.3 Å². The van der Waals surface area contributed by atoms with Crippen LogP contribution in [0.25, 0.3) is 0 Å². The van der Waals surface area contributed by atoms with Crippen molar-refractivity contribution in [3.8, 4) is 0 Å². The summed E-state index contributed by atoms with van der Waals surface area (Å²) < 4.78 is 5.54. The molecule has 1 N–H and O–H groups in total. The van der Waals surface area contributed by atoms with E-state index in [1.807, 2.05) is 19.2 Å². The van der Waals surface area contributed by atoms with Crippen LogP contribution in [0.3, 0.4) is 0 Å². The highest BCUT2D eigenvalue weighted by atomic mass is 35.5. The second kappa shape index (κ2) is 6.55. The van der Waals surface area contributed by atoms with E-state index in [9.17, 15) is 0 Å². The van der Waals surface area contributed by atoms with Crippen molar-refractivity contribution in [3.05, 3.63) is 34.9 Å². The molecule has 0 amide bonds. The summed E-state index contributed by atoms with van der Waals surface area (Å²) in [4.78, 5) is 0. The fourth-order valence-corrected chi connectivity index (χ4v) is 3.03. The van der Waals surface area contributed by atoms with Gasteiger partial charge in [-0.1, -0.05) is 30.7 Å². The second-order valence-electron chi connectivity index (χ2n) is 4.99. The normalized spacial score (nSPS) is 25.3. The molecule has 0 aromatic heterocycles. The van der Waals surface area contributed by atoms with Gasteiger partial charge in [0.25, 0.3) is 0 Å². The van der Waals surface area contributed by atoms with Crippen molar-refractivity contribution in [1.82, 2.24) is 5.32 Å². The predicted molar refractivity (Wildman–Crippen MR) is 76.1 cm³/mol. The lowest BCUT2D eigenvalue weighted by molar-refractivity contribution is 0.0810. The Hall–Kier alpha value is -0.570. The molecule has 0 aliphatic heterocycles. The van der Waals surface area contributed by atoms with Gasteiger partial charge in [-0.3, -0.25) is 0 Å². The van der Waals surface area contributed by atoms with E-state index in [4.69, 9.17) is 16.3 Å². The quantitative estimate of drug-likeness (QED) is 0.872.